The summed E-state index contributed by atoms with van der Waals surface area (Å²) >= 11 is 0. The molecule has 5 aromatic rings. The Bertz CT molecular complexity index is 1450. The SMILES string of the molecule is CCOc1cccc(-c2noc(Cn3ncn4nc(-c5ccc(F)cc5)cc4c3=O)n2)c1. The highest BCUT2D eigenvalue weighted by molar-refractivity contribution is 5.65. The fourth-order valence-corrected chi connectivity index (χ4v) is 3.27. The van der Waals surface area contributed by atoms with Crippen LogP contribution in [0.2, 0.25) is 0 Å². The van der Waals surface area contributed by atoms with Crippen molar-refractivity contribution in [1.82, 2.24) is 29.5 Å². The minimum atomic E-state index is -0.369. The van der Waals surface area contributed by atoms with Crippen LogP contribution < -0.4 is 10.3 Å². The quantitative estimate of drug-likeness (QED) is 0.406. The second-order valence-electron chi connectivity index (χ2n) is 6.93. The molecule has 9 nitrogen and oxygen atoms in total. The molecule has 3 heterocycles. The highest BCUT2D eigenvalue weighted by atomic mass is 19.1. The van der Waals surface area contributed by atoms with Crippen molar-refractivity contribution in [2.45, 2.75) is 13.5 Å². The molecule has 0 saturated heterocycles. The average Bonchev–Trinajstić information content (AvgIpc) is 3.45. The standard InChI is InChI=1S/C22H17FN6O3/c1-2-31-17-5-3-4-15(10-17)21-25-20(32-27-21)12-28-22(30)19-11-18(26-29(19)13-24-28)14-6-8-16(23)9-7-14/h3-11,13H,2,12H2,1H3. The van der Waals surface area contributed by atoms with Gasteiger partial charge in [0.25, 0.3) is 5.56 Å². The van der Waals surface area contributed by atoms with Crippen molar-refractivity contribution in [1.29, 1.82) is 0 Å². The van der Waals surface area contributed by atoms with E-state index in [0.29, 0.717) is 35.0 Å². The van der Waals surface area contributed by atoms with Gasteiger partial charge in [-0.05, 0) is 49.4 Å². The van der Waals surface area contributed by atoms with Crippen LogP contribution in [0.5, 0.6) is 5.75 Å². The van der Waals surface area contributed by atoms with Gasteiger partial charge in [0.1, 0.15) is 30.0 Å². The highest BCUT2D eigenvalue weighted by Gasteiger charge is 2.14. The first-order valence-corrected chi connectivity index (χ1v) is 9.88. The van der Waals surface area contributed by atoms with Crippen LogP contribution in [0.15, 0.2) is 70.2 Å². The Hall–Kier alpha value is -4.34. The van der Waals surface area contributed by atoms with Gasteiger partial charge in [-0.2, -0.15) is 15.2 Å². The van der Waals surface area contributed by atoms with Gasteiger partial charge in [-0.25, -0.2) is 13.6 Å². The summed E-state index contributed by atoms with van der Waals surface area (Å²) in [5, 5.41) is 12.5. The van der Waals surface area contributed by atoms with Crippen molar-refractivity contribution in [3.05, 3.63) is 83.0 Å². The summed E-state index contributed by atoms with van der Waals surface area (Å²) in [7, 11) is 0. The molecule has 0 bridgehead atoms. The highest BCUT2D eigenvalue weighted by Crippen LogP contribution is 2.22. The Kier molecular flexibility index (Phi) is 4.94. The van der Waals surface area contributed by atoms with Crippen molar-refractivity contribution in [3.63, 3.8) is 0 Å². The minimum Gasteiger partial charge on any atom is -0.494 e. The first kappa shape index (κ1) is 19.6. The van der Waals surface area contributed by atoms with E-state index in [2.05, 4.69) is 20.3 Å². The molecule has 160 valence electrons. The monoisotopic (exact) mass is 432 g/mol. The maximum Gasteiger partial charge on any atom is 0.293 e. The summed E-state index contributed by atoms with van der Waals surface area (Å²) in [6.07, 6.45) is 1.42. The first-order valence-electron chi connectivity index (χ1n) is 9.88. The van der Waals surface area contributed by atoms with E-state index in [9.17, 15) is 9.18 Å². The zero-order valence-electron chi connectivity index (χ0n) is 17.0. The molecule has 0 aliphatic carbocycles. The first-order chi connectivity index (χ1) is 15.6. The summed E-state index contributed by atoms with van der Waals surface area (Å²) in [6, 6.07) is 14.9. The van der Waals surface area contributed by atoms with E-state index in [-0.39, 0.29) is 23.8 Å². The minimum absolute atomic E-state index is 0.00451. The van der Waals surface area contributed by atoms with E-state index >= 15 is 0 Å². The van der Waals surface area contributed by atoms with E-state index in [1.54, 1.807) is 18.2 Å². The van der Waals surface area contributed by atoms with Crippen LogP contribution in [0.25, 0.3) is 28.2 Å². The third kappa shape index (κ3) is 3.73. The van der Waals surface area contributed by atoms with Crippen LogP contribution in [-0.4, -0.2) is 36.1 Å². The molecular formula is C22H17FN6O3. The van der Waals surface area contributed by atoms with Gasteiger partial charge in [0, 0.05) is 11.1 Å². The zero-order valence-corrected chi connectivity index (χ0v) is 17.0. The number of aromatic nitrogens is 6. The van der Waals surface area contributed by atoms with Crippen molar-refractivity contribution in [2.75, 3.05) is 6.61 Å². The molecule has 0 spiro atoms. The van der Waals surface area contributed by atoms with E-state index in [1.165, 1.54) is 27.7 Å². The maximum absolute atomic E-state index is 13.2. The molecule has 0 unspecified atom stereocenters. The number of ether oxygens (including phenoxy) is 1. The van der Waals surface area contributed by atoms with Crippen LogP contribution in [0, 0.1) is 5.82 Å². The maximum atomic E-state index is 13.2. The smallest absolute Gasteiger partial charge is 0.293 e. The molecule has 0 saturated carbocycles. The molecular weight excluding hydrogens is 415 g/mol. The molecule has 32 heavy (non-hydrogen) atoms. The molecule has 0 aliphatic rings. The summed E-state index contributed by atoms with van der Waals surface area (Å²) in [6.45, 7) is 2.46. The van der Waals surface area contributed by atoms with Crippen LogP contribution in [0.1, 0.15) is 12.8 Å². The van der Waals surface area contributed by atoms with Crippen molar-refractivity contribution in [3.8, 4) is 28.4 Å². The number of fused-ring (bicyclic) bond motifs is 1. The molecule has 5 rings (SSSR count). The third-order valence-electron chi connectivity index (χ3n) is 4.79. The average molecular weight is 432 g/mol. The number of hydrogen-bond donors (Lipinski definition) is 0. The zero-order chi connectivity index (χ0) is 22.1. The van der Waals surface area contributed by atoms with Gasteiger partial charge in [0.05, 0.1) is 12.3 Å². The Morgan fingerprint density at radius 3 is 2.75 bits per heavy atom. The summed E-state index contributed by atoms with van der Waals surface area (Å²) in [5.74, 6) is 0.986. The normalized spacial score (nSPS) is 11.2. The van der Waals surface area contributed by atoms with Gasteiger partial charge >= 0.3 is 0 Å². The Labute approximate surface area is 180 Å². The van der Waals surface area contributed by atoms with Gasteiger partial charge in [-0.1, -0.05) is 17.3 Å². The lowest BCUT2D eigenvalue weighted by molar-refractivity contribution is 0.340. The number of nitrogens with zero attached hydrogens (tertiary/aromatic N) is 6. The molecule has 10 heteroatoms. The number of benzene rings is 2. The van der Waals surface area contributed by atoms with Crippen LogP contribution >= 0.6 is 0 Å². The lowest BCUT2D eigenvalue weighted by Crippen LogP contribution is -2.25. The molecule has 3 aromatic heterocycles. The number of rotatable bonds is 6. The van der Waals surface area contributed by atoms with E-state index in [1.807, 2.05) is 31.2 Å². The Morgan fingerprint density at radius 1 is 1.09 bits per heavy atom. The topological polar surface area (TPSA) is 100 Å². The van der Waals surface area contributed by atoms with Gasteiger partial charge in [0.2, 0.25) is 11.7 Å². The molecule has 0 radical (unpaired) electrons. The Balaban J connectivity index is 1.42. The van der Waals surface area contributed by atoms with Crippen LogP contribution in [0.4, 0.5) is 4.39 Å². The number of hydrogen-bond acceptors (Lipinski definition) is 7. The van der Waals surface area contributed by atoms with Crippen LogP contribution in [-0.2, 0) is 6.54 Å². The predicted octanol–water partition coefficient (Wildman–Crippen LogP) is 3.19. The van der Waals surface area contributed by atoms with Gasteiger partial charge in [0.15, 0.2) is 0 Å². The van der Waals surface area contributed by atoms with Gasteiger partial charge < -0.3 is 9.26 Å². The lowest BCUT2D eigenvalue weighted by atomic mass is 10.1. The van der Waals surface area contributed by atoms with Crippen LogP contribution in [0.3, 0.4) is 0 Å². The predicted molar refractivity (Wildman–Crippen MR) is 113 cm³/mol. The van der Waals surface area contributed by atoms with Crippen molar-refractivity contribution >= 4 is 5.52 Å². The molecule has 0 aliphatic heterocycles. The van der Waals surface area contributed by atoms with Crippen molar-refractivity contribution in [2.24, 2.45) is 0 Å². The van der Waals surface area contributed by atoms with E-state index in [0.717, 1.165) is 5.56 Å². The molecule has 0 N–H and O–H groups in total. The largest absolute Gasteiger partial charge is 0.494 e. The fourth-order valence-electron chi connectivity index (χ4n) is 3.27. The van der Waals surface area contributed by atoms with E-state index < -0.39 is 0 Å². The van der Waals surface area contributed by atoms with Gasteiger partial charge in [-0.3, -0.25) is 4.79 Å². The fraction of sp³-hybridized carbons (Fsp3) is 0.136. The molecule has 2 aromatic carbocycles. The summed E-state index contributed by atoms with van der Waals surface area (Å²) in [5.41, 5.74) is 1.92. The molecule has 0 amide bonds. The summed E-state index contributed by atoms with van der Waals surface area (Å²) < 4.78 is 26.6. The van der Waals surface area contributed by atoms with E-state index in [4.69, 9.17) is 9.26 Å². The molecule has 0 atom stereocenters. The van der Waals surface area contributed by atoms with Gasteiger partial charge in [-0.15, -0.1) is 0 Å². The second kappa shape index (κ2) is 8.06. The summed E-state index contributed by atoms with van der Waals surface area (Å²) in [4.78, 5) is 17.3. The molecule has 0 fully saturated rings. The lowest BCUT2D eigenvalue weighted by Gasteiger charge is -2.03. The Morgan fingerprint density at radius 2 is 1.94 bits per heavy atom. The second-order valence-corrected chi connectivity index (χ2v) is 6.93. The third-order valence-corrected chi connectivity index (χ3v) is 4.79. The number of halogens is 1. The van der Waals surface area contributed by atoms with Crippen molar-refractivity contribution < 1.29 is 13.7 Å².